The van der Waals surface area contributed by atoms with E-state index in [4.69, 9.17) is 5.73 Å². The molecule has 1 aliphatic heterocycles. The van der Waals surface area contributed by atoms with Crippen molar-refractivity contribution in [2.45, 2.75) is 25.4 Å². The van der Waals surface area contributed by atoms with Gasteiger partial charge in [0.15, 0.2) is 0 Å². The number of piperidine rings is 1. The third kappa shape index (κ3) is 2.29. The van der Waals surface area contributed by atoms with Gasteiger partial charge in [-0.25, -0.2) is 0 Å². The van der Waals surface area contributed by atoms with E-state index in [-0.39, 0.29) is 0 Å². The van der Waals surface area contributed by atoms with E-state index in [9.17, 15) is 0 Å². The molecular weight excluding hydrogens is 164 g/mol. The Balaban J connectivity index is 1.87. The molecule has 0 spiro atoms. The van der Waals surface area contributed by atoms with E-state index >= 15 is 0 Å². The first-order valence-corrected chi connectivity index (χ1v) is 4.81. The quantitative estimate of drug-likeness (QED) is 0.689. The number of aromatic nitrogens is 2. The standard InChI is InChI=1S/C9H16N4/c10-8-2-1-5-13(6-8)7-9-3-4-11-12-9/h3-4,8H,1-2,5-7,10H2,(H,11,12). The molecule has 1 unspecified atom stereocenters. The molecule has 2 rings (SSSR count). The Labute approximate surface area is 78.1 Å². The number of rotatable bonds is 2. The van der Waals surface area contributed by atoms with Crippen molar-refractivity contribution in [3.05, 3.63) is 18.0 Å². The average Bonchev–Trinajstić information content (AvgIpc) is 2.57. The summed E-state index contributed by atoms with van der Waals surface area (Å²) in [5.74, 6) is 0. The summed E-state index contributed by atoms with van der Waals surface area (Å²) in [7, 11) is 0. The highest BCUT2D eigenvalue weighted by Crippen LogP contribution is 2.10. The van der Waals surface area contributed by atoms with E-state index in [1.54, 1.807) is 6.20 Å². The highest BCUT2D eigenvalue weighted by molar-refractivity contribution is 4.97. The minimum Gasteiger partial charge on any atom is -0.327 e. The van der Waals surface area contributed by atoms with Gasteiger partial charge in [0.1, 0.15) is 0 Å². The van der Waals surface area contributed by atoms with Crippen LogP contribution in [0.15, 0.2) is 12.3 Å². The summed E-state index contributed by atoms with van der Waals surface area (Å²) in [5.41, 5.74) is 7.06. The van der Waals surface area contributed by atoms with Crippen LogP contribution >= 0.6 is 0 Å². The fourth-order valence-electron chi connectivity index (χ4n) is 1.85. The van der Waals surface area contributed by atoms with Gasteiger partial charge in [0.05, 0.1) is 0 Å². The summed E-state index contributed by atoms with van der Waals surface area (Å²) < 4.78 is 0. The Kier molecular flexibility index (Phi) is 2.61. The summed E-state index contributed by atoms with van der Waals surface area (Å²) in [6.07, 6.45) is 4.17. The van der Waals surface area contributed by atoms with E-state index < -0.39 is 0 Å². The molecule has 1 aliphatic rings. The third-order valence-corrected chi connectivity index (χ3v) is 2.49. The average molecular weight is 180 g/mol. The zero-order valence-electron chi connectivity index (χ0n) is 7.74. The highest BCUT2D eigenvalue weighted by Gasteiger charge is 2.16. The monoisotopic (exact) mass is 180 g/mol. The van der Waals surface area contributed by atoms with E-state index in [0.29, 0.717) is 6.04 Å². The minimum absolute atomic E-state index is 0.358. The van der Waals surface area contributed by atoms with Crippen molar-refractivity contribution in [1.29, 1.82) is 0 Å². The second-order valence-corrected chi connectivity index (χ2v) is 3.72. The predicted octanol–water partition coefficient (Wildman–Crippen LogP) is 0.333. The van der Waals surface area contributed by atoms with Gasteiger partial charge in [-0.15, -0.1) is 0 Å². The van der Waals surface area contributed by atoms with Crippen LogP contribution in [-0.4, -0.2) is 34.2 Å². The van der Waals surface area contributed by atoms with E-state index in [0.717, 1.165) is 19.6 Å². The molecule has 2 heterocycles. The Morgan fingerprint density at radius 2 is 2.62 bits per heavy atom. The number of nitrogens with zero attached hydrogens (tertiary/aromatic N) is 2. The van der Waals surface area contributed by atoms with Crippen LogP contribution in [0.2, 0.25) is 0 Å². The van der Waals surface area contributed by atoms with Crippen molar-refractivity contribution in [1.82, 2.24) is 15.1 Å². The third-order valence-electron chi connectivity index (χ3n) is 2.49. The maximum Gasteiger partial charge on any atom is 0.0492 e. The maximum atomic E-state index is 5.89. The molecule has 3 N–H and O–H groups in total. The van der Waals surface area contributed by atoms with Crippen molar-refractivity contribution in [3.8, 4) is 0 Å². The number of H-pyrrole nitrogens is 1. The minimum atomic E-state index is 0.358. The van der Waals surface area contributed by atoms with Crippen molar-refractivity contribution in [3.63, 3.8) is 0 Å². The first-order valence-electron chi connectivity index (χ1n) is 4.81. The molecular formula is C9H16N4. The molecule has 0 saturated carbocycles. The van der Waals surface area contributed by atoms with E-state index in [1.807, 2.05) is 6.07 Å². The molecule has 72 valence electrons. The second-order valence-electron chi connectivity index (χ2n) is 3.72. The van der Waals surface area contributed by atoms with Crippen molar-refractivity contribution >= 4 is 0 Å². The van der Waals surface area contributed by atoms with Crippen LogP contribution in [0, 0.1) is 0 Å². The lowest BCUT2D eigenvalue weighted by Crippen LogP contribution is -2.42. The SMILES string of the molecule is NC1CCCN(Cc2ccn[nH]2)C1. The van der Waals surface area contributed by atoms with Gasteiger partial charge in [-0.1, -0.05) is 0 Å². The lowest BCUT2D eigenvalue weighted by Gasteiger charge is -2.30. The van der Waals surface area contributed by atoms with Gasteiger partial charge in [0, 0.05) is 31.0 Å². The van der Waals surface area contributed by atoms with Crippen LogP contribution in [0.3, 0.4) is 0 Å². The van der Waals surface area contributed by atoms with Gasteiger partial charge in [-0.2, -0.15) is 5.10 Å². The summed E-state index contributed by atoms with van der Waals surface area (Å²) in [5, 5.41) is 6.89. The normalized spacial score (nSPS) is 24.8. The molecule has 4 nitrogen and oxygen atoms in total. The summed E-state index contributed by atoms with van der Waals surface area (Å²) in [6, 6.07) is 2.37. The molecule has 1 fully saturated rings. The van der Waals surface area contributed by atoms with Crippen molar-refractivity contribution in [2.24, 2.45) is 5.73 Å². The van der Waals surface area contributed by atoms with Gasteiger partial charge < -0.3 is 5.73 Å². The fraction of sp³-hybridized carbons (Fsp3) is 0.667. The Morgan fingerprint density at radius 3 is 3.31 bits per heavy atom. The maximum absolute atomic E-state index is 5.89. The van der Waals surface area contributed by atoms with Crippen molar-refractivity contribution in [2.75, 3.05) is 13.1 Å². The summed E-state index contributed by atoms with van der Waals surface area (Å²) >= 11 is 0. The van der Waals surface area contributed by atoms with Gasteiger partial charge in [-0.3, -0.25) is 10.00 Å². The first kappa shape index (κ1) is 8.72. The van der Waals surface area contributed by atoms with Crippen LogP contribution in [-0.2, 0) is 6.54 Å². The second kappa shape index (κ2) is 3.89. The fourth-order valence-corrected chi connectivity index (χ4v) is 1.85. The molecule has 0 aliphatic carbocycles. The van der Waals surface area contributed by atoms with Crippen LogP contribution < -0.4 is 5.73 Å². The number of hydrogen-bond acceptors (Lipinski definition) is 3. The molecule has 0 radical (unpaired) electrons. The number of aromatic amines is 1. The van der Waals surface area contributed by atoms with Gasteiger partial charge in [0.2, 0.25) is 0 Å². The van der Waals surface area contributed by atoms with Gasteiger partial charge in [0.25, 0.3) is 0 Å². The topological polar surface area (TPSA) is 57.9 Å². The lowest BCUT2D eigenvalue weighted by molar-refractivity contribution is 0.199. The zero-order valence-corrected chi connectivity index (χ0v) is 7.74. The highest BCUT2D eigenvalue weighted by atomic mass is 15.2. The lowest BCUT2D eigenvalue weighted by atomic mass is 10.1. The number of likely N-dealkylation sites (tertiary alicyclic amines) is 1. The van der Waals surface area contributed by atoms with Gasteiger partial charge >= 0.3 is 0 Å². The smallest absolute Gasteiger partial charge is 0.0492 e. The first-order chi connectivity index (χ1) is 6.34. The molecule has 1 aromatic rings. The Bertz CT molecular complexity index is 244. The van der Waals surface area contributed by atoms with Gasteiger partial charge in [-0.05, 0) is 25.5 Å². The molecule has 4 heteroatoms. The molecule has 0 amide bonds. The van der Waals surface area contributed by atoms with Crippen LogP contribution in [0.5, 0.6) is 0 Å². The zero-order chi connectivity index (χ0) is 9.10. The molecule has 1 aromatic heterocycles. The Morgan fingerprint density at radius 1 is 1.69 bits per heavy atom. The van der Waals surface area contributed by atoms with Crippen molar-refractivity contribution < 1.29 is 0 Å². The molecule has 13 heavy (non-hydrogen) atoms. The van der Waals surface area contributed by atoms with E-state index in [1.165, 1.54) is 18.5 Å². The molecule has 0 bridgehead atoms. The summed E-state index contributed by atoms with van der Waals surface area (Å²) in [6.45, 7) is 3.12. The molecule has 1 saturated heterocycles. The number of nitrogens with one attached hydrogen (secondary N) is 1. The largest absolute Gasteiger partial charge is 0.327 e. The predicted molar refractivity (Wildman–Crippen MR) is 51.1 cm³/mol. The van der Waals surface area contributed by atoms with Crippen LogP contribution in [0.4, 0.5) is 0 Å². The van der Waals surface area contributed by atoms with Crippen LogP contribution in [0.25, 0.3) is 0 Å². The number of hydrogen-bond donors (Lipinski definition) is 2. The summed E-state index contributed by atoms with van der Waals surface area (Å²) in [4.78, 5) is 2.38. The molecule has 0 aromatic carbocycles. The Hall–Kier alpha value is -0.870. The molecule has 1 atom stereocenters. The number of nitrogens with two attached hydrogens (primary N) is 1. The van der Waals surface area contributed by atoms with E-state index in [2.05, 4.69) is 15.1 Å². The van der Waals surface area contributed by atoms with Crippen LogP contribution in [0.1, 0.15) is 18.5 Å².